The Hall–Kier alpha value is -2.97. The summed E-state index contributed by atoms with van der Waals surface area (Å²) in [6.45, 7) is 5.15. The predicted octanol–water partition coefficient (Wildman–Crippen LogP) is 3.32. The monoisotopic (exact) mass is 406 g/mol. The molecule has 29 heavy (non-hydrogen) atoms. The van der Waals surface area contributed by atoms with E-state index in [1.54, 1.807) is 6.92 Å². The summed E-state index contributed by atoms with van der Waals surface area (Å²) in [5, 5.41) is 0. The van der Waals surface area contributed by atoms with Gasteiger partial charge >= 0.3 is 5.92 Å². The number of ether oxygens (including phenoxy) is 1. The zero-order chi connectivity index (χ0) is 21.6. The number of hydrogen-bond donors (Lipinski definition) is 1. The highest BCUT2D eigenvalue weighted by atomic mass is 19.3. The molecule has 2 heterocycles. The number of alkyl halides is 2. The van der Waals surface area contributed by atoms with Gasteiger partial charge in [-0.2, -0.15) is 8.78 Å². The summed E-state index contributed by atoms with van der Waals surface area (Å²) < 4.78 is 50.1. The lowest BCUT2D eigenvalue weighted by molar-refractivity contribution is -0.207. The zero-order valence-electron chi connectivity index (χ0n) is 16.5. The third-order valence-electron chi connectivity index (χ3n) is 5.05. The summed E-state index contributed by atoms with van der Waals surface area (Å²) in [5.41, 5.74) is 2.03. The summed E-state index contributed by atoms with van der Waals surface area (Å²) in [6.07, 6.45) is 2.63. The lowest BCUT2D eigenvalue weighted by Crippen LogP contribution is -2.62. The van der Waals surface area contributed by atoms with Crippen molar-refractivity contribution in [3.63, 3.8) is 0 Å². The third-order valence-corrected chi connectivity index (χ3v) is 5.05. The standard InChI is InChI=1S/C20H21F3N4O2/c1-11-9-26-15(10-25-11)16(28)8-12-5-6-14(21)13(7-12)19(4)20(22,23)18(2,3)29-17(24)27-19/h5-7,9-10H,8H2,1-4H3,(H2,24,27)/t19-/m1/s1. The van der Waals surface area contributed by atoms with Gasteiger partial charge in [0.25, 0.3) is 6.02 Å². The number of carbonyl (C=O) groups excluding carboxylic acids is 1. The summed E-state index contributed by atoms with van der Waals surface area (Å²) in [6, 6.07) is 3.14. The molecule has 0 saturated heterocycles. The number of halogens is 3. The van der Waals surface area contributed by atoms with Crippen molar-refractivity contribution >= 4 is 11.8 Å². The van der Waals surface area contributed by atoms with Crippen LogP contribution >= 0.6 is 0 Å². The van der Waals surface area contributed by atoms with Crippen molar-refractivity contribution < 1.29 is 22.7 Å². The number of amidine groups is 1. The molecule has 0 radical (unpaired) electrons. The van der Waals surface area contributed by atoms with E-state index in [1.165, 1.54) is 24.5 Å². The molecule has 1 aliphatic heterocycles. The molecule has 0 fully saturated rings. The van der Waals surface area contributed by atoms with Gasteiger partial charge in [0, 0.05) is 18.2 Å². The topological polar surface area (TPSA) is 90.5 Å². The normalized spacial score (nSPS) is 22.5. The van der Waals surface area contributed by atoms with E-state index in [-0.39, 0.29) is 23.5 Å². The van der Waals surface area contributed by atoms with Crippen molar-refractivity contribution in [3.05, 3.63) is 58.9 Å². The van der Waals surface area contributed by atoms with Gasteiger partial charge in [-0.05, 0) is 45.4 Å². The van der Waals surface area contributed by atoms with Gasteiger partial charge in [0.2, 0.25) is 0 Å². The average molecular weight is 406 g/mol. The highest BCUT2D eigenvalue weighted by Gasteiger charge is 2.66. The second-order valence-electron chi connectivity index (χ2n) is 7.67. The van der Waals surface area contributed by atoms with Gasteiger partial charge in [-0.15, -0.1) is 0 Å². The molecule has 6 nitrogen and oxygen atoms in total. The van der Waals surface area contributed by atoms with E-state index >= 15 is 8.78 Å². The largest absolute Gasteiger partial charge is 0.453 e. The molecular weight excluding hydrogens is 385 g/mol. The van der Waals surface area contributed by atoms with Crippen LogP contribution in [0.25, 0.3) is 0 Å². The number of hydrogen-bond acceptors (Lipinski definition) is 6. The molecule has 0 bridgehead atoms. The fraction of sp³-hybridized carbons (Fsp3) is 0.400. The van der Waals surface area contributed by atoms with Crippen molar-refractivity contribution in [2.24, 2.45) is 10.7 Å². The molecule has 1 aliphatic rings. The van der Waals surface area contributed by atoms with Crippen molar-refractivity contribution in [2.75, 3.05) is 0 Å². The number of Topliss-reactive ketones (excluding diaryl/α,β-unsaturated/α-hetero) is 1. The Kier molecular flexibility index (Phi) is 4.88. The van der Waals surface area contributed by atoms with E-state index in [4.69, 9.17) is 10.5 Å². The summed E-state index contributed by atoms with van der Waals surface area (Å²) in [5.74, 6) is -4.84. The molecule has 154 valence electrons. The fourth-order valence-corrected chi connectivity index (χ4v) is 3.32. The third kappa shape index (κ3) is 3.45. The number of aromatic nitrogens is 2. The first-order valence-electron chi connectivity index (χ1n) is 8.90. The van der Waals surface area contributed by atoms with Crippen LogP contribution in [-0.2, 0) is 16.7 Å². The molecule has 9 heteroatoms. The number of aryl methyl sites for hydroxylation is 1. The number of ketones is 1. The summed E-state index contributed by atoms with van der Waals surface area (Å²) >= 11 is 0. The molecule has 1 atom stereocenters. The number of carbonyl (C=O) groups is 1. The fourth-order valence-electron chi connectivity index (χ4n) is 3.32. The molecule has 0 unspecified atom stereocenters. The van der Waals surface area contributed by atoms with E-state index < -0.39 is 28.9 Å². The van der Waals surface area contributed by atoms with Gasteiger partial charge in [-0.1, -0.05) is 6.07 Å². The maximum atomic E-state index is 15.2. The number of nitrogens with zero attached hydrogens (tertiary/aromatic N) is 3. The average Bonchev–Trinajstić information content (AvgIpc) is 2.61. The Bertz CT molecular complexity index is 990. The van der Waals surface area contributed by atoms with Gasteiger partial charge in [0.05, 0.1) is 11.9 Å². The van der Waals surface area contributed by atoms with Crippen LogP contribution in [0.2, 0.25) is 0 Å². The van der Waals surface area contributed by atoms with Gasteiger partial charge in [-0.3, -0.25) is 9.78 Å². The Morgan fingerprint density at radius 2 is 1.86 bits per heavy atom. The van der Waals surface area contributed by atoms with E-state index in [1.807, 2.05) is 0 Å². The smallest absolute Gasteiger partial charge is 0.315 e. The highest BCUT2D eigenvalue weighted by Crippen LogP contribution is 2.51. The Balaban J connectivity index is 2.02. The van der Waals surface area contributed by atoms with Crippen LogP contribution < -0.4 is 5.73 Å². The van der Waals surface area contributed by atoms with Crippen LogP contribution in [0.15, 0.2) is 35.6 Å². The van der Waals surface area contributed by atoms with Crippen LogP contribution in [0.4, 0.5) is 13.2 Å². The Morgan fingerprint density at radius 1 is 1.17 bits per heavy atom. The molecule has 2 N–H and O–H groups in total. The summed E-state index contributed by atoms with van der Waals surface area (Å²) in [7, 11) is 0. The quantitative estimate of drug-likeness (QED) is 0.787. The van der Waals surface area contributed by atoms with E-state index in [9.17, 15) is 9.18 Å². The first kappa shape index (κ1) is 20.8. The van der Waals surface area contributed by atoms with Gasteiger partial charge < -0.3 is 10.5 Å². The van der Waals surface area contributed by atoms with Crippen LogP contribution in [0.5, 0.6) is 0 Å². The molecule has 0 saturated carbocycles. The minimum absolute atomic E-state index is 0.132. The molecular formula is C20H21F3N4O2. The summed E-state index contributed by atoms with van der Waals surface area (Å²) in [4.78, 5) is 24.2. The first-order valence-corrected chi connectivity index (χ1v) is 8.90. The lowest BCUT2D eigenvalue weighted by atomic mass is 9.76. The number of aliphatic imine (C=N–C) groups is 1. The minimum atomic E-state index is -3.59. The van der Waals surface area contributed by atoms with Gasteiger partial charge in [0.1, 0.15) is 11.5 Å². The van der Waals surface area contributed by atoms with E-state index in [0.717, 1.165) is 26.8 Å². The molecule has 1 aromatic carbocycles. The first-order chi connectivity index (χ1) is 13.4. The maximum Gasteiger partial charge on any atom is 0.315 e. The number of rotatable bonds is 4. The van der Waals surface area contributed by atoms with Crippen molar-refractivity contribution in [3.8, 4) is 0 Å². The van der Waals surface area contributed by atoms with Gasteiger partial charge in [0.15, 0.2) is 16.9 Å². The SMILES string of the molecule is Cc1cnc(C(=O)Cc2ccc(F)c([C@@]3(C)N=C(N)OC(C)(C)C3(F)F)c2)cn1. The Morgan fingerprint density at radius 3 is 2.48 bits per heavy atom. The number of benzene rings is 1. The van der Waals surface area contributed by atoms with Crippen LogP contribution in [0, 0.1) is 12.7 Å². The van der Waals surface area contributed by atoms with Crippen molar-refractivity contribution in [1.29, 1.82) is 0 Å². The van der Waals surface area contributed by atoms with E-state index in [2.05, 4.69) is 15.0 Å². The molecule has 3 rings (SSSR count). The minimum Gasteiger partial charge on any atom is -0.453 e. The molecule has 1 aromatic heterocycles. The maximum absolute atomic E-state index is 15.2. The molecule has 0 aliphatic carbocycles. The molecule has 0 spiro atoms. The second kappa shape index (κ2) is 6.82. The predicted molar refractivity (Wildman–Crippen MR) is 100 cm³/mol. The lowest BCUT2D eigenvalue weighted by Gasteiger charge is -2.46. The molecule has 2 aromatic rings. The highest BCUT2D eigenvalue weighted by molar-refractivity contribution is 5.95. The second-order valence-corrected chi connectivity index (χ2v) is 7.67. The van der Waals surface area contributed by atoms with Crippen molar-refractivity contribution in [2.45, 2.75) is 51.2 Å². The van der Waals surface area contributed by atoms with Gasteiger partial charge in [-0.25, -0.2) is 14.4 Å². The zero-order valence-corrected chi connectivity index (χ0v) is 16.5. The Labute approximate surface area is 166 Å². The van der Waals surface area contributed by atoms with E-state index in [0.29, 0.717) is 11.3 Å². The van der Waals surface area contributed by atoms with Crippen LogP contribution in [-0.4, -0.2) is 33.3 Å². The molecule has 0 amide bonds. The number of nitrogens with two attached hydrogens (primary N) is 1. The van der Waals surface area contributed by atoms with Crippen LogP contribution in [0.3, 0.4) is 0 Å². The van der Waals surface area contributed by atoms with Crippen molar-refractivity contribution in [1.82, 2.24) is 9.97 Å². The van der Waals surface area contributed by atoms with Crippen LogP contribution in [0.1, 0.15) is 48.1 Å².